The Bertz CT molecular complexity index is 544. The van der Waals surface area contributed by atoms with Crippen LogP contribution in [0.2, 0.25) is 5.02 Å². The van der Waals surface area contributed by atoms with Crippen LogP contribution in [0.1, 0.15) is 45.1 Å². The second-order valence-electron chi connectivity index (χ2n) is 6.31. The fraction of sp³-hybridized carbons (Fsp3) is 0.556. The molecule has 4 nitrogen and oxygen atoms in total. The van der Waals surface area contributed by atoms with E-state index in [2.05, 4.69) is 12.2 Å². The average molecular weight is 338 g/mol. The molecule has 0 radical (unpaired) electrons. The van der Waals surface area contributed by atoms with Crippen LogP contribution in [0, 0.1) is 5.92 Å². The van der Waals surface area contributed by atoms with Gasteiger partial charge in [0.15, 0.2) is 6.10 Å². The van der Waals surface area contributed by atoms with Gasteiger partial charge in [-0.1, -0.05) is 43.5 Å². The molecule has 1 N–H and O–H groups in total. The van der Waals surface area contributed by atoms with Crippen LogP contribution in [-0.2, 0) is 20.7 Å². The van der Waals surface area contributed by atoms with Gasteiger partial charge in [0.1, 0.15) is 0 Å². The molecule has 126 valence electrons. The van der Waals surface area contributed by atoms with Gasteiger partial charge >= 0.3 is 5.97 Å². The van der Waals surface area contributed by atoms with Crippen LogP contribution >= 0.6 is 11.6 Å². The van der Waals surface area contributed by atoms with Crippen LogP contribution in [0.15, 0.2) is 24.3 Å². The van der Waals surface area contributed by atoms with Crippen LogP contribution in [-0.4, -0.2) is 24.0 Å². The van der Waals surface area contributed by atoms with Gasteiger partial charge in [0, 0.05) is 11.1 Å². The number of rotatable bonds is 5. The van der Waals surface area contributed by atoms with Crippen molar-refractivity contribution in [1.82, 2.24) is 5.32 Å². The highest BCUT2D eigenvalue weighted by atomic mass is 35.5. The van der Waals surface area contributed by atoms with Gasteiger partial charge in [-0.3, -0.25) is 9.59 Å². The lowest BCUT2D eigenvalue weighted by Crippen LogP contribution is -2.46. The number of esters is 1. The Morgan fingerprint density at radius 3 is 2.57 bits per heavy atom. The number of amides is 1. The third-order valence-electron chi connectivity index (χ3n) is 4.38. The number of carbonyl (C=O) groups excluding carboxylic acids is 2. The van der Waals surface area contributed by atoms with E-state index in [4.69, 9.17) is 16.3 Å². The van der Waals surface area contributed by atoms with Crippen LogP contribution in [0.25, 0.3) is 0 Å². The first-order valence-electron chi connectivity index (χ1n) is 8.20. The fourth-order valence-electron chi connectivity index (χ4n) is 2.89. The van der Waals surface area contributed by atoms with E-state index in [1.165, 1.54) is 6.42 Å². The maximum atomic E-state index is 12.2. The predicted molar refractivity (Wildman–Crippen MR) is 90.3 cm³/mol. The maximum Gasteiger partial charge on any atom is 0.311 e. The number of hydrogen-bond donors (Lipinski definition) is 1. The zero-order chi connectivity index (χ0) is 16.8. The smallest absolute Gasteiger partial charge is 0.311 e. The maximum absolute atomic E-state index is 12.2. The molecule has 0 spiro atoms. The molecule has 1 aliphatic rings. The summed E-state index contributed by atoms with van der Waals surface area (Å²) in [5.41, 5.74) is 0.813. The third kappa shape index (κ3) is 5.54. The second-order valence-corrected chi connectivity index (χ2v) is 6.75. The number of carbonyl (C=O) groups is 2. The van der Waals surface area contributed by atoms with Gasteiger partial charge in [0.25, 0.3) is 5.91 Å². The molecule has 0 aliphatic heterocycles. The number of benzene rings is 1. The van der Waals surface area contributed by atoms with E-state index < -0.39 is 12.1 Å². The minimum atomic E-state index is -0.774. The lowest BCUT2D eigenvalue weighted by molar-refractivity contribution is -0.154. The van der Waals surface area contributed by atoms with Crippen molar-refractivity contribution in [2.45, 2.75) is 58.1 Å². The van der Waals surface area contributed by atoms with E-state index >= 15 is 0 Å². The number of nitrogens with one attached hydrogen (secondary N) is 1. The summed E-state index contributed by atoms with van der Waals surface area (Å²) in [4.78, 5) is 24.1. The van der Waals surface area contributed by atoms with E-state index in [0.29, 0.717) is 10.9 Å². The molecule has 0 heterocycles. The van der Waals surface area contributed by atoms with Crippen molar-refractivity contribution in [3.05, 3.63) is 34.9 Å². The molecule has 0 unspecified atom stereocenters. The molecule has 1 aromatic carbocycles. The highest BCUT2D eigenvalue weighted by molar-refractivity contribution is 6.30. The van der Waals surface area contributed by atoms with Crippen LogP contribution in [0.5, 0.6) is 0 Å². The average Bonchev–Trinajstić information content (AvgIpc) is 2.51. The Morgan fingerprint density at radius 2 is 1.91 bits per heavy atom. The van der Waals surface area contributed by atoms with Crippen LogP contribution in [0.4, 0.5) is 0 Å². The van der Waals surface area contributed by atoms with Crippen molar-refractivity contribution in [2.24, 2.45) is 5.92 Å². The normalized spacial score (nSPS) is 22.2. The lowest BCUT2D eigenvalue weighted by Gasteiger charge is -2.30. The summed E-state index contributed by atoms with van der Waals surface area (Å²) in [6.45, 7) is 3.77. The molecule has 0 aromatic heterocycles. The summed E-state index contributed by atoms with van der Waals surface area (Å²) in [5, 5.41) is 3.63. The van der Waals surface area contributed by atoms with Crippen molar-refractivity contribution in [3.63, 3.8) is 0 Å². The van der Waals surface area contributed by atoms with E-state index in [1.54, 1.807) is 31.2 Å². The largest absolute Gasteiger partial charge is 0.452 e. The molecule has 0 bridgehead atoms. The first kappa shape index (κ1) is 17.8. The first-order chi connectivity index (χ1) is 11.0. The third-order valence-corrected chi connectivity index (χ3v) is 4.63. The summed E-state index contributed by atoms with van der Waals surface area (Å²) < 4.78 is 5.24. The Morgan fingerprint density at radius 1 is 1.26 bits per heavy atom. The molecule has 0 saturated heterocycles. The fourth-order valence-corrected chi connectivity index (χ4v) is 3.02. The van der Waals surface area contributed by atoms with Crippen molar-refractivity contribution in [1.29, 1.82) is 0 Å². The zero-order valence-corrected chi connectivity index (χ0v) is 14.4. The van der Waals surface area contributed by atoms with Gasteiger partial charge in [-0.2, -0.15) is 0 Å². The van der Waals surface area contributed by atoms with Crippen molar-refractivity contribution >= 4 is 23.5 Å². The van der Waals surface area contributed by atoms with Gasteiger partial charge in [-0.15, -0.1) is 0 Å². The van der Waals surface area contributed by atoms with Crippen molar-refractivity contribution < 1.29 is 14.3 Å². The summed E-state index contributed by atoms with van der Waals surface area (Å²) in [5.74, 6) is -0.149. The molecule has 1 amide bonds. The summed E-state index contributed by atoms with van der Waals surface area (Å²) in [7, 11) is 0. The van der Waals surface area contributed by atoms with E-state index in [9.17, 15) is 9.59 Å². The lowest BCUT2D eigenvalue weighted by atomic mass is 9.86. The molecule has 1 saturated carbocycles. The Balaban J connectivity index is 1.80. The van der Waals surface area contributed by atoms with Gasteiger partial charge < -0.3 is 10.1 Å². The highest BCUT2D eigenvalue weighted by Crippen LogP contribution is 2.23. The van der Waals surface area contributed by atoms with Gasteiger partial charge in [0.2, 0.25) is 0 Å². The van der Waals surface area contributed by atoms with Crippen molar-refractivity contribution in [2.75, 3.05) is 0 Å². The standard InChI is InChI=1S/C18H24ClNO3/c1-12-5-3-4-6-16(12)20-18(22)13(2)23-17(21)11-14-7-9-15(19)10-8-14/h7-10,12-13,16H,3-6,11H2,1-2H3,(H,20,22)/t12-,13-,16-/m0/s1. The minimum absolute atomic E-state index is 0.134. The first-order valence-corrected chi connectivity index (χ1v) is 8.58. The molecule has 1 aromatic rings. The highest BCUT2D eigenvalue weighted by Gasteiger charge is 2.26. The Kier molecular flexibility index (Phi) is 6.46. The molecule has 2 rings (SSSR count). The van der Waals surface area contributed by atoms with Gasteiger partial charge in [-0.05, 0) is 43.4 Å². The van der Waals surface area contributed by atoms with Crippen molar-refractivity contribution in [3.8, 4) is 0 Å². The van der Waals surface area contributed by atoms with E-state index in [0.717, 1.165) is 24.8 Å². The summed E-state index contributed by atoms with van der Waals surface area (Å²) >= 11 is 5.81. The molecular weight excluding hydrogens is 314 g/mol. The second kappa shape index (κ2) is 8.34. The van der Waals surface area contributed by atoms with Gasteiger partial charge in [0.05, 0.1) is 6.42 Å². The molecule has 23 heavy (non-hydrogen) atoms. The number of halogens is 1. The quantitative estimate of drug-likeness (QED) is 0.836. The SMILES string of the molecule is C[C@H](OC(=O)Cc1ccc(Cl)cc1)C(=O)N[C@H]1CCCC[C@@H]1C. The van der Waals surface area contributed by atoms with Gasteiger partial charge in [-0.25, -0.2) is 0 Å². The molecular formula is C18H24ClNO3. The topological polar surface area (TPSA) is 55.4 Å². The minimum Gasteiger partial charge on any atom is -0.452 e. The number of ether oxygens (including phenoxy) is 1. The van der Waals surface area contributed by atoms with E-state index in [-0.39, 0.29) is 18.4 Å². The number of hydrogen-bond acceptors (Lipinski definition) is 3. The summed E-state index contributed by atoms with van der Waals surface area (Å²) in [6, 6.07) is 7.19. The Hall–Kier alpha value is -1.55. The summed E-state index contributed by atoms with van der Waals surface area (Å²) in [6.07, 6.45) is 3.85. The monoisotopic (exact) mass is 337 g/mol. The zero-order valence-electron chi connectivity index (χ0n) is 13.7. The van der Waals surface area contributed by atoms with Crippen LogP contribution in [0.3, 0.4) is 0 Å². The molecule has 5 heteroatoms. The predicted octanol–water partition coefficient (Wildman–Crippen LogP) is 3.51. The Labute approximate surface area is 142 Å². The molecule has 1 fully saturated rings. The van der Waals surface area contributed by atoms with E-state index in [1.807, 2.05) is 0 Å². The van der Waals surface area contributed by atoms with Crippen LogP contribution < -0.4 is 5.32 Å². The molecule has 1 aliphatic carbocycles. The molecule has 3 atom stereocenters.